The topological polar surface area (TPSA) is 63.3 Å². The van der Waals surface area contributed by atoms with E-state index in [1.165, 1.54) is 18.4 Å². The van der Waals surface area contributed by atoms with E-state index in [2.05, 4.69) is 4.98 Å². The highest BCUT2D eigenvalue weighted by atomic mass is 32.2. The Morgan fingerprint density at radius 3 is 3.21 bits per heavy atom. The third kappa shape index (κ3) is 2.09. The molecule has 1 aromatic heterocycles. The van der Waals surface area contributed by atoms with Gasteiger partial charge in [-0.05, 0) is 23.8 Å². The number of thioether (sulfide) groups is 1. The van der Waals surface area contributed by atoms with Crippen LogP contribution in [0.4, 0.5) is 0 Å². The van der Waals surface area contributed by atoms with Gasteiger partial charge in [0.15, 0.2) is 11.6 Å². The highest BCUT2D eigenvalue weighted by Gasteiger charge is 2.19. The van der Waals surface area contributed by atoms with Crippen molar-refractivity contribution >= 4 is 17.7 Å². The first kappa shape index (κ1) is 9.58. The van der Waals surface area contributed by atoms with E-state index in [0.29, 0.717) is 11.8 Å². The van der Waals surface area contributed by atoms with E-state index in [1.54, 1.807) is 0 Å². The van der Waals surface area contributed by atoms with Crippen LogP contribution < -0.4 is 0 Å². The number of rotatable bonds is 3. The second-order valence-electron chi connectivity index (χ2n) is 3.37. The van der Waals surface area contributed by atoms with E-state index >= 15 is 0 Å². The Morgan fingerprint density at radius 2 is 2.64 bits per heavy atom. The summed E-state index contributed by atoms with van der Waals surface area (Å²) >= 11 is 1.93. The zero-order valence-electron chi connectivity index (χ0n) is 7.60. The molecule has 14 heavy (non-hydrogen) atoms. The van der Waals surface area contributed by atoms with Crippen LogP contribution >= 0.6 is 11.8 Å². The molecule has 0 aliphatic carbocycles. The molecule has 1 fully saturated rings. The predicted molar refractivity (Wildman–Crippen MR) is 52.6 cm³/mol. The fourth-order valence-electron chi connectivity index (χ4n) is 1.49. The molecule has 2 heterocycles. The first-order chi connectivity index (χ1) is 6.75. The maximum atomic E-state index is 10.5. The van der Waals surface area contributed by atoms with Gasteiger partial charge in [-0.3, -0.25) is 0 Å². The van der Waals surface area contributed by atoms with Crippen LogP contribution in [0.2, 0.25) is 0 Å². The van der Waals surface area contributed by atoms with Crippen molar-refractivity contribution < 1.29 is 14.3 Å². The maximum Gasteiger partial charge on any atom is 0.357 e. The molecule has 0 radical (unpaired) electrons. The van der Waals surface area contributed by atoms with E-state index in [1.807, 2.05) is 11.8 Å². The molecule has 1 unspecified atom stereocenters. The summed E-state index contributed by atoms with van der Waals surface area (Å²) in [6.45, 7) is 0. The molecular formula is C9H11NO3S. The van der Waals surface area contributed by atoms with Crippen LogP contribution in [0.1, 0.15) is 22.8 Å². The van der Waals surface area contributed by atoms with Crippen LogP contribution in [-0.2, 0) is 6.42 Å². The molecule has 1 atom stereocenters. The maximum absolute atomic E-state index is 10.5. The number of carboxylic acid groups (broad SMARTS) is 1. The number of nitrogens with zero attached hydrogens (tertiary/aromatic N) is 1. The van der Waals surface area contributed by atoms with Gasteiger partial charge in [-0.2, -0.15) is 11.8 Å². The molecular weight excluding hydrogens is 202 g/mol. The molecule has 5 heteroatoms. The fourth-order valence-corrected chi connectivity index (χ4v) is 2.78. The van der Waals surface area contributed by atoms with Crippen LogP contribution in [0.5, 0.6) is 0 Å². The number of carbonyl (C=O) groups is 1. The summed E-state index contributed by atoms with van der Waals surface area (Å²) in [6, 6.07) is 0. The summed E-state index contributed by atoms with van der Waals surface area (Å²) in [7, 11) is 0. The average Bonchev–Trinajstić information content (AvgIpc) is 2.75. The van der Waals surface area contributed by atoms with Gasteiger partial charge in [0.2, 0.25) is 0 Å². The quantitative estimate of drug-likeness (QED) is 0.827. The number of oxazole rings is 1. The lowest BCUT2D eigenvalue weighted by Crippen LogP contribution is -2.03. The molecule has 1 N–H and O–H groups in total. The first-order valence-electron chi connectivity index (χ1n) is 4.51. The van der Waals surface area contributed by atoms with Crippen LogP contribution in [0.3, 0.4) is 0 Å². The SMILES string of the molecule is O=C(O)c1coc(CC2CCSC2)n1. The van der Waals surface area contributed by atoms with Crippen molar-refractivity contribution in [2.45, 2.75) is 12.8 Å². The van der Waals surface area contributed by atoms with Crippen LogP contribution in [0, 0.1) is 5.92 Å². The van der Waals surface area contributed by atoms with E-state index in [-0.39, 0.29) is 5.69 Å². The standard InChI is InChI=1S/C9H11NO3S/c11-9(12)7-4-13-8(10-7)3-6-1-2-14-5-6/h4,6H,1-3,5H2,(H,11,12). The molecule has 0 spiro atoms. The summed E-state index contributed by atoms with van der Waals surface area (Å²) in [5.41, 5.74) is 0.00523. The lowest BCUT2D eigenvalue weighted by atomic mass is 10.1. The lowest BCUT2D eigenvalue weighted by Gasteiger charge is -2.02. The fraction of sp³-hybridized carbons (Fsp3) is 0.556. The molecule has 0 saturated carbocycles. The highest BCUT2D eigenvalue weighted by Crippen LogP contribution is 2.26. The lowest BCUT2D eigenvalue weighted by molar-refractivity contribution is 0.0690. The molecule has 1 aliphatic rings. The van der Waals surface area contributed by atoms with Crippen molar-refractivity contribution in [2.75, 3.05) is 11.5 Å². The zero-order chi connectivity index (χ0) is 9.97. The van der Waals surface area contributed by atoms with Crippen LogP contribution in [0.15, 0.2) is 10.7 Å². The van der Waals surface area contributed by atoms with Gasteiger partial charge in [-0.1, -0.05) is 0 Å². The number of carboxylic acids is 1. The minimum atomic E-state index is -1.03. The molecule has 1 aliphatic heterocycles. The second kappa shape index (κ2) is 4.04. The van der Waals surface area contributed by atoms with Crippen molar-refractivity contribution in [3.8, 4) is 0 Å². The third-order valence-corrected chi connectivity index (χ3v) is 3.49. The molecule has 2 rings (SSSR count). The Morgan fingerprint density at radius 1 is 1.79 bits per heavy atom. The van der Waals surface area contributed by atoms with Gasteiger partial charge in [-0.25, -0.2) is 9.78 Å². The molecule has 1 aromatic rings. The highest BCUT2D eigenvalue weighted by molar-refractivity contribution is 7.99. The summed E-state index contributed by atoms with van der Waals surface area (Å²) in [6.07, 6.45) is 3.15. The number of aromatic nitrogens is 1. The molecule has 4 nitrogen and oxygen atoms in total. The van der Waals surface area contributed by atoms with Gasteiger partial charge in [0.05, 0.1) is 0 Å². The van der Waals surface area contributed by atoms with Gasteiger partial charge in [0, 0.05) is 6.42 Å². The van der Waals surface area contributed by atoms with Crippen LogP contribution in [-0.4, -0.2) is 27.6 Å². The summed E-state index contributed by atoms with van der Waals surface area (Å²) in [5, 5.41) is 8.63. The Bertz CT molecular complexity index is 331. The third-order valence-electron chi connectivity index (χ3n) is 2.26. The Hall–Kier alpha value is -0.970. The molecule has 0 amide bonds. The van der Waals surface area contributed by atoms with Crippen molar-refractivity contribution in [3.63, 3.8) is 0 Å². The summed E-state index contributed by atoms with van der Waals surface area (Å²) in [5.74, 6) is 2.44. The normalized spacial score (nSPS) is 21.3. The van der Waals surface area contributed by atoms with Gasteiger partial charge in [0.25, 0.3) is 0 Å². The zero-order valence-corrected chi connectivity index (χ0v) is 8.42. The second-order valence-corrected chi connectivity index (χ2v) is 4.52. The minimum Gasteiger partial charge on any atom is -0.476 e. The molecule has 0 aromatic carbocycles. The summed E-state index contributed by atoms with van der Waals surface area (Å²) < 4.78 is 5.09. The number of hydrogen-bond acceptors (Lipinski definition) is 4. The van der Waals surface area contributed by atoms with Gasteiger partial charge < -0.3 is 9.52 Å². The van der Waals surface area contributed by atoms with E-state index in [9.17, 15) is 4.79 Å². The first-order valence-corrected chi connectivity index (χ1v) is 5.66. The molecule has 1 saturated heterocycles. The largest absolute Gasteiger partial charge is 0.476 e. The van der Waals surface area contributed by atoms with Crippen molar-refractivity contribution in [1.29, 1.82) is 0 Å². The average molecular weight is 213 g/mol. The monoisotopic (exact) mass is 213 g/mol. The van der Waals surface area contributed by atoms with Crippen molar-refractivity contribution in [3.05, 3.63) is 17.8 Å². The molecule has 0 bridgehead atoms. The molecule has 76 valence electrons. The van der Waals surface area contributed by atoms with Gasteiger partial charge in [-0.15, -0.1) is 0 Å². The van der Waals surface area contributed by atoms with Gasteiger partial charge >= 0.3 is 5.97 Å². The smallest absolute Gasteiger partial charge is 0.357 e. The Kier molecular flexibility index (Phi) is 2.77. The van der Waals surface area contributed by atoms with E-state index < -0.39 is 5.97 Å². The Labute approximate surface area is 85.7 Å². The predicted octanol–water partition coefficient (Wildman–Crippen LogP) is 1.67. The van der Waals surface area contributed by atoms with Gasteiger partial charge in [0.1, 0.15) is 6.26 Å². The minimum absolute atomic E-state index is 0.00523. The van der Waals surface area contributed by atoms with Crippen LogP contribution in [0.25, 0.3) is 0 Å². The number of aromatic carboxylic acids is 1. The number of hydrogen-bond donors (Lipinski definition) is 1. The van der Waals surface area contributed by atoms with E-state index in [4.69, 9.17) is 9.52 Å². The van der Waals surface area contributed by atoms with E-state index in [0.717, 1.165) is 12.2 Å². The Balaban J connectivity index is 1.98. The van der Waals surface area contributed by atoms with Crippen molar-refractivity contribution in [1.82, 2.24) is 4.98 Å². The van der Waals surface area contributed by atoms with Crippen molar-refractivity contribution in [2.24, 2.45) is 5.92 Å². The summed E-state index contributed by atoms with van der Waals surface area (Å²) in [4.78, 5) is 14.4.